The van der Waals surface area contributed by atoms with Crippen LogP contribution in [0.25, 0.3) is 11.3 Å². The fourth-order valence-corrected chi connectivity index (χ4v) is 2.26. The Morgan fingerprint density at radius 1 is 1.26 bits per heavy atom. The highest BCUT2D eigenvalue weighted by molar-refractivity contribution is 6.32. The SMILES string of the molecule is COc1c(Cl)cc(-c2nc(N)nc(N)c2C#N)cc1C(F)(F)F. The van der Waals surface area contributed by atoms with Crippen molar-refractivity contribution >= 4 is 23.4 Å². The summed E-state index contributed by atoms with van der Waals surface area (Å²) in [5, 5.41) is 8.83. The molecule has 0 fully saturated rings. The number of nitrogens with two attached hydrogens (primary N) is 2. The summed E-state index contributed by atoms with van der Waals surface area (Å²) in [6, 6.07) is 3.67. The molecule has 4 N–H and O–H groups in total. The van der Waals surface area contributed by atoms with Gasteiger partial charge in [0.15, 0.2) is 0 Å². The Balaban J connectivity index is 2.82. The lowest BCUT2D eigenvalue weighted by Crippen LogP contribution is -2.09. The summed E-state index contributed by atoms with van der Waals surface area (Å²) < 4.78 is 44.2. The van der Waals surface area contributed by atoms with Gasteiger partial charge in [-0.05, 0) is 12.1 Å². The molecule has 10 heteroatoms. The number of methoxy groups -OCH3 is 1. The number of alkyl halides is 3. The molecule has 1 aromatic heterocycles. The summed E-state index contributed by atoms with van der Waals surface area (Å²) in [6.07, 6.45) is -4.72. The Kier molecular flexibility index (Phi) is 4.20. The summed E-state index contributed by atoms with van der Waals surface area (Å²) in [5.41, 5.74) is 9.46. The number of benzene rings is 1. The second-order valence-corrected chi connectivity index (χ2v) is 4.75. The molecule has 0 aliphatic carbocycles. The lowest BCUT2D eigenvalue weighted by molar-refractivity contribution is -0.138. The average Bonchev–Trinajstić information content (AvgIpc) is 2.44. The molecule has 0 saturated carbocycles. The van der Waals surface area contributed by atoms with Crippen LogP contribution in [0.2, 0.25) is 5.02 Å². The van der Waals surface area contributed by atoms with E-state index in [-0.39, 0.29) is 33.6 Å². The molecular weight excluding hydrogens is 335 g/mol. The lowest BCUT2D eigenvalue weighted by atomic mass is 10.0. The predicted octanol–water partition coefficient (Wildman–Crippen LogP) is 2.86. The zero-order valence-corrected chi connectivity index (χ0v) is 12.3. The van der Waals surface area contributed by atoms with Crippen LogP contribution in [0, 0.1) is 11.3 Å². The fraction of sp³-hybridized carbons (Fsp3) is 0.154. The first-order chi connectivity index (χ1) is 10.7. The van der Waals surface area contributed by atoms with Gasteiger partial charge in [0, 0.05) is 5.56 Å². The number of nitrogens with zero attached hydrogens (tertiary/aromatic N) is 3. The summed E-state index contributed by atoms with van der Waals surface area (Å²) in [5.74, 6) is -1.05. The van der Waals surface area contributed by atoms with Crippen molar-refractivity contribution in [1.29, 1.82) is 5.26 Å². The molecule has 0 aliphatic rings. The van der Waals surface area contributed by atoms with Gasteiger partial charge in [-0.1, -0.05) is 11.6 Å². The average molecular weight is 344 g/mol. The number of nitriles is 1. The van der Waals surface area contributed by atoms with Gasteiger partial charge in [0.1, 0.15) is 23.2 Å². The first-order valence-corrected chi connectivity index (χ1v) is 6.35. The van der Waals surface area contributed by atoms with E-state index in [0.717, 1.165) is 13.2 Å². The van der Waals surface area contributed by atoms with Crippen molar-refractivity contribution in [1.82, 2.24) is 9.97 Å². The third-order valence-corrected chi connectivity index (χ3v) is 3.17. The highest BCUT2D eigenvalue weighted by Crippen LogP contribution is 2.43. The molecule has 0 spiro atoms. The predicted molar refractivity (Wildman–Crippen MR) is 77.6 cm³/mol. The van der Waals surface area contributed by atoms with Crippen LogP contribution in [0.5, 0.6) is 5.75 Å². The van der Waals surface area contributed by atoms with E-state index in [1.807, 2.05) is 0 Å². The van der Waals surface area contributed by atoms with Gasteiger partial charge in [0.25, 0.3) is 0 Å². The van der Waals surface area contributed by atoms with Crippen LogP contribution in [0.1, 0.15) is 11.1 Å². The number of aromatic nitrogens is 2. The number of halogens is 4. The van der Waals surface area contributed by atoms with Crippen LogP contribution in [-0.4, -0.2) is 17.1 Å². The molecule has 0 amide bonds. The van der Waals surface area contributed by atoms with Crippen molar-refractivity contribution in [2.45, 2.75) is 6.18 Å². The maximum atomic E-state index is 13.2. The molecule has 0 radical (unpaired) electrons. The summed E-state index contributed by atoms with van der Waals surface area (Å²) in [6.45, 7) is 0. The van der Waals surface area contributed by atoms with Gasteiger partial charge >= 0.3 is 6.18 Å². The Morgan fingerprint density at radius 2 is 1.91 bits per heavy atom. The quantitative estimate of drug-likeness (QED) is 0.867. The molecule has 0 unspecified atom stereocenters. The number of nitrogen functional groups attached to an aromatic ring is 2. The third-order valence-electron chi connectivity index (χ3n) is 2.89. The topological polar surface area (TPSA) is 111 Å². The molecule has 120 valence electrons. The van der Waals surface area contributed by atoms with Crippen LogP contribution in [0.15, 0.2) is 12.1 Å². The standard InChI is InChI=1S/C13H9ClF3N5O/c1-23-10-7(13(15,16)17)2-5(3-8(10)14)9-6(4-18)11(19)22-12(20)21-9/h2-3H,1H3,(H4,19,20,21,22). The molecule has 1 aromatic carbocycles. The monoisotopic (exact) mass is 343 g/mol. The second kappa shape index (κ2) is 5.81. The molecule has 23 heavy (non-hydrogen) atoms. The lowest BCUT2D eigenvalue weighted by Gasteiger charge is -2.15. The van der Waals surface area contributed by atoms with E-state index in [9.17, 15) is 13.2 Å². The van der Waals surface area contributed by atoms with Gasteiger partial charge < -0.3 is 16.2 Å². The number of anilines is 2. The fourth-order valence-electron chi connectivity index (χ4n) is 1.96. The zero-order chi connectivity index (χ0) is 17.4. The molecule has 0 aliphatic heterocycles. The van der Waals surface area contributed by atoms with Crippen molar-refractivity contribution in [3.8, 4) is 23.1 Å². The van der Waals surface area contributed by atoms with E-state index >= 15 is 0 Å². The van der Waals surface area contributed by atoms with E-state index in [1.54, 1.807) is 6.07 Å². The van der Waals surface area contributed by atoms with Gasteiger partial charge in [0.05, 0.1) is 23.4 Å². The highest BCUT2D eigenvalue weighted by atomic mass is 35.5. The minimum absolute atomic E-state index is 0.0829. The first kappa shape index (κ1) is 16.6. The molecular formula is C13H9ClF3N5O. The van der Waals surface area contributed by atoms with Crippen LogP contribution < -0.4 is 16.2 Å². The third kappa shape index (κ3) is 3.07. The van der Waals surface area contributed by atoms with Crippen LogP contribution in [-0.2, 0) is 6.18 Å². The van der Waals surface area contributed by atoms with Crippen LogP contribution in [0.3, 0.4) is 0 Å². The normalized spacial score (nSPS) is 11.1. The molecule has 0 bridgehead atoms. The van der Waals surface area contributed by atoms with Crippen molar-refractivity contribution in [3.05, 3.63) is 28.3 Å². The van der Waals surface area contributed by atoms with E-state index in [2.05, 4.69) is 9.97 Å². The number of rotatable bonds is 2. The molecule has 2 aromatic rings. The van der Waals surface area contributed by atoms with Crippen molar-refractivity contribution in [2.24, 2.45) is 0 Å². The van der Waals surface area contributed by atoms with Crippen molar-refractivity contribution in [2.75, 3.05) is 18.6 Å². The largest absolute Gasteiger partial charge is 0.495 e. The Bertz CT molecular complexity index is 817. The summed E-state index contributed by atoms with van der Waals surface area (Å²) >= 11 is 5.85. The minimum Gasteiger partial charge on any atom is -0.495 e. The van der Waals surface area contributed by atoms with Crippen LogP contribution in [0.4, 0.5) is 24.9 Å². The van der Waals surface area contributed by atoms with Crippen molar-refractivity contribution in [3.63, 3.8) is 0 Å². The summed E-state index contributed by atoms with van der Waals surface area (Å²) in [7, 11) is 1.07. The Labute approximate surface area is 133 Å². The maximum Gasteiger partial charge on any atom is 0.420 e. The first-order valence-electron chi connectivity index (χ1n) is 5.97. The number of hydrogen-bond donors (Lipinski definition) is 2. The van der Waals surface area contributed by atoms with Gasteiger partial charge in [-0.3, -0.25) is 0 Å². The number of hydrogen-bond acceptors (Lipinski definition) is 6. The highest BCUT2D eigenvalue weighted by Gasteiger charge is 2.36. The van der Waals surface area contributed by atoms with E-state index in [1.165, 1.54) is 6.07 Å². The Hall–Kier alpha value is -2.73. The molecule has 2 rings (SSSR count). The zero-order valence-electron chi connectivity index (χ0n) is 11.6. The summed E-state index contributed by atoms with van der Waals surface area (Å²) in [4.78, 5) is 7.39. The van der Waals surface area contributed by atoms with E-state index in [4.69, 9.17) is 33.1 Å². The maximum absolute atomic E-state index is 13.2. The van der Waals surface area contributed by atoms with Gasteiger partial charge in [-0.2, -0.15) is 23.4 Å². The van der Waals surface area contributed by atoms with Crippen molar-refractivity contribution < 1.29 is 17.9 Å². The van der Waals surface area contributed by atoms with Gasteiger partial charge in [-0.25, -0.2) is 4.98 Å². The molecule has 0 atom stereocenters. The van der Waals surface area contributed by atoms with E-state index < -0.39 is 17.5 Å². The smallest absolute Gasteiger partial charge is 0.420 e. The van der Waals surface area contributed by atoms with Gasteiger partial charge in [0.2, 0.25) is 5.95 Å². The molecule has 6 nitrogen and oxygen atoms in total. The molecule has 0 saturated heterocycles. The number of ether oxygens (including phenoxy) is 1. The van der Waals surface area contributed by atoms with Gasteiger partial charge in [-0.15, -0.1) is 0 Å². The molecule has 1 heterocycles. The Morgan fingerprint density at radius 3 is 2.43 bits per heavy atom. The second-order valence-electron chi connectivity index (χ2n) is 4.34. The van der Waals surface area contributed by atoms with E-state index in [0.29, 0.717) is 0 Å². The van der Waals surface area contributed by atoms with Crippen LogP contribution >= 0.6 is 11.6 Å². The minimum atomic E-state index is -4.72.